The minimum atomic E-state index is -0.729. The van der Waals surface area contributed by atoms with Crippen LogP contribution in [0.25, 0.3) is 0 Å². The van der Waals surface area contributed by atoms with Crippen molar-refractivity contribution in [2.45, 2.75) is 31.7 Å². The van der Waals surface area contributed by atoms with Crippen LogP contribution in [0.3, 0.4) is 0 Å². The normalized spacial score (nSPS) is 16.3. The van der Waals surface area contributed by atoms with Crippen LogP contribution in [-0.4, -0.2) is 39.3 Å². The lowest BCUT2D eigenvalue weighted by Crippen LogP contribution is -2.34. The van der Waals surface area contributed by atoms with Crippen molar-refractivity contribution in [3.63, 3.8) is 0 Å². The zero-order valence-electron chi connectivity index (χ0n) is 13.1. The van der Waals surface area contributed by atoms with Crippen molar-refractivity contribution in [3.05, 3.63) is 22.7 Å². The number of benzene rings is 1. The molecule has 6 heteroatoms. The van der Waals surface area contributed by atoms with Crippen LogP contribution in [0.2, 0.25) is 5.02 Å². The van der Waals surface area contributed by atoms with Gasteiger partial charge in [-0.1, -0.05) is 11.6 Å². The number of nitrogens with two attached hydrogens (primary N) is 1. The highest BCUT2D eigenvalue weighted by Crippen LogP contribution is 2.36. The van der Waals surface area contributed by atoms with Crippen molar-refractivity contribution >= 4 is 23.3 Å². The summed E-state index contributed by atoms with van der Waals surface area (Å²) in [5, 5.41) is 0.598. The minimum absolute atomic E-state index is 0.322. The summed E-state index contributed by atoms with van der Waals surface area (Å²) in [6, 6.07) is 3.05. The van der Waals surface area contributed by atoms with Crippen molar-refractivity contribution in [1.82, 2.24) is 0 Å². The first kappa shape index (κ1) is 16.9. The molecule has 2 N–H and O–H groups in total. The molecule has 0 spiro atoms. The van der Waals surface area contributed by atoms with Gasteiger partial charge in [0.25, 0.3) is 0 Å². The fourth-order valence-corrected chi connectivity index (χ4v) is 2.99. The molecule has 22 heavy (non-hydrogen) atoms. The smallest absolute Gasteiger partial charge is 0.322 e. The zero-order valence-corrected chi connectivity index (χ0v) is 13.9. The molecule has 1 saturated heterocycles. The third kappa shape index (κ3) is 3.84. The van der Waals surface area contributed by atoms with Crippen molar-refractivity contribution in [2.24, 2.45) is 5.73 Å². The first-order chi connectivity index (χ1) is 10.6. The quantitative estimate of drug-likeness (QED) is 0.842. The number of halogens is 1. The van der Waals surface area contributed by atoms with Gasteiger partial charge in [0.15, 0.2) is 0 Å². The molecule has 0 amide bonds. The summed E-state index contributed by atoms with van der Waals surface area (Å²) < 4.78 is 10.2. The Morgan fingerprint density at radius 3 is 2.59 bits per heavy atom. The van der Waals surface area contributed by atoms with Crippen LogP contribution in [0.5, 0.6) is 5.75 Å². The van der Waals surface area contributed by atoms with Gasteiger partial charge in [-0.3, -0.25) is 4.79 Å². The maximum Gasteiger partial charge on any atom is 0.322 e. The topological polar surface area (TPSA) is 64.8 Å². The molecular formula is C16H23ClN2O3. The maximum absolute atomic E-state index is 11.5. The van der Waals surface area contributed by atoms with Crippen LogP contribution in [-0.2, 0) is 16.0 Å². The highest BCUT2D eigenvalue weighted by atomic mass is 35.5. The van der Waals surface area contributed by atoms with Crippen LogP contribution in [0, 0.1) is 0 Å². The summed E-state index contributed by atoms with van der Waals surface area (Å²) in [5.41, 5.74) is 7.61. The van der Waals surface area contributed by atoms with Crippen molar-refractivity contribution < 1.29 is 14.3 Å². The number of hydrogen-bond donors (Lipinski definition) is 1. The number of methoxy groups -OCH3 is 2. The Bertz CT molecular complexity index is 530. The summed E-state index contributed by atoms with van der Waals surface area (Å²) >= 11 is 6.38. The van der Waals surface area contributed by atoms with Gasteiger partial charge in [-0.25, -0.2) is 0 Å². The second-order valence-electron chi connectivity index (χ2n) is 5.50. The Labute approximate surface area is 136 Å². The van der Waals surface area contributed by atoms with E-state index in [2.05, 4.69) is 9.64 Å². The molecule has 1 aliphatic heterocycles. The predicted molar refractivity (Wildman–Crippen MR) is 87.8 cm³/mol. The van der Waals surface area contributed by atoms with E-state index in [-0.39, 0.29) is 0 Å². The summed E-state index contributed by atoms with van der Waals surface area (Å²) in [6.07, 6.45) is 3.94. The average molecular weight is 327 g/mol. The van der Waals surface area contributed by atoms with Crippen molar-refractivity contribution in [2.75, 3.05) is 32.2 Å². The van der Waals surface area contributed by atoms with Gasteiger partial charge in [0.1, 0.15) is 11.8 Å². The third-order valence-electron chi connectivity index (χ3n) is 3.99. The van der Waals surface area contributed by atoms with Gasteiger partial charge in [-0.2, -0.15) is 0 Å². The Balaban J connectivity index is 2.24. The molecule has 0 radical (unpaired) electrons. The van der Waals surface area contributed by atoms with E-state index in [0.717, 1.165) is 30.1 Å². The van der Waals surface area contributed by atoms with E-state index in [4.69, 9.17) is 22.1 Å². The van der Waals surface area contributed by atoms with Crippen molar-refractivity contribution in [3.8, 4) is 5.75 Å². The van der Waals surface area contributed by atoms with Gasteiger partial charge >= 0.3 is 5.97 Å². The molecule has 122 valence electrons. The third-order valence-corrected chi connectivity index (χ3v) is 4.34. The molecule has 0 bridgehead atoms. The number of esters is 1. The molecule has 5 nitrogen and oxygen atoms in total. The van der Waals surface area contributed by atoms with Gasteiger partial charge < -0.3 is 20.1 Å². The fourth-order valence-electron chi connectivity index (χ4n) is 2.76. The summed E-state index contributed by atoms with van der Waals surface area (Å²) in [7, 11) is 2.96. The summed E-state index contributed by atoms with van der Waals surface area (Å²) in [5.74, 6) is 0.313. The van der Waals surface area contributed by atoms with E-state index in [1.54, 1.807) is 7.11 Å². The highest BCUT2D eigenvalue weighted by molar-refractivity contribution is 6.31. The Hall–Kier alpha value is -1.46. The zero-order chi connectivity index (χ0) is 16.1. The fraction of sp³-hybridized carbons (Fsp3) is 0.562. The van der Waals surface area contributed by atoms with E-state index < -0.39 is 12.0 Å². The second-order valence-corrected chi connectivity index (χ2v) is 5.90. The predicted octanol–water partition coefficient (Wildman–Crippen LogP) is 2.38. The number of nitrogens with zero attached hydrogens (tertiary/aromatic N) is 1. The number of carbonyl (C=O) groups excluding carboxylic acids is 1. The molecule has 1 fully saturated rings. The van der Waals surface area contributed by atoms with Crippen LogP contribution >= 0.6 is 11.6 Å². The Kier molecular flexibility index (Phi) is 5.91. The molecule has 1 atom stereocenters. The summed E-state index contributed by atoms with van der Waals surface area (Å²) in [6.45, 7) is 2.02. The number of ether oxygens (including phenoxy) is 2. The van der Waals surface area contributed by atoms with Gasteiger partial charge in [0.05, 0.1) is 19.9 Å². The molecule has 1 aromatic rings. The molecule has 0 aliphatic carbocycles. The van der Waals surface area contributed by atoms with E-state index in [9.17, 15) is 4.79 Å². The molecule has 2 rings (SSSR count). The molecule has 0 aromatic heterocycles. The lowest BCUT2D eigenvalue weighted by atomic mass is 10.0. The highest BCUT2D eigenvalue weighted by Gasteiger charge is 2.20. The molecule has 1 unspecified atom stereocenters. The summed E-state index contributed by atoms with van der Waals surface area (Å²) in [4.78, 5) is 13.8. The first-order valence-electron chi connectivity index (χ1n) is 7.51. The van der Waals surface area contributed by atoms with Gasteiger partial charge in [-0.15, -0.1) is 0 Å². The van der Waals surface area contributed by atoms with E-state index in [1.165, 1.54) is 26.4 Å². The van der Waals surface area contributed by atoms with Crippen LogP contribution in [0.15, 0.2) is 12.1 Å². The molecular weight excluding hydrogens is 304 g/mol. The number of carbonyl (C=O) groups is 1. The standard InChI is InChI=1S/C16H23ClN2O3/c1-21-15-9-11(8-13(18)16(20)22-2)12(17)10-14(15)19-6-4-3-5-7-19/h9-10,13H,3-8,18H2,1-2H3. The van der Waals surface area contributed by atoms with Gasteiger partial charge in [0.2, 0.25) is 0 Å². The van der Waals surface area contributed by atoms with Crippen LogP contribution in [0.1, 0.15) is 24.8 Å². The SMILES string of the molecule is COC(=O)C(N)Cc1cc(OC)c(N2CCCCC2)cc1Cl. The molecule has 0 saturated carbocycles. The molecule has 1 aromatic carbocycles. The van der Waals surface area contributed by atoms with E-state index in [0.29, 0.717) is 11.4 Å². The van der Waals surface area contributed by atoms with Crippen LogP contribution in [0.4, 0.5) is 5.69 Å². The first-order valence-corrected chi connectivity index (χ1v) is 7.89. The van der Waals surface area contributed by atoms with E-state index in [1.807, 2.05) is 12.1 Å². The monoisotopic (exact) mass is 326 g/mol. The number of piperidine rings is 1. The lowest BCUT2D eigenvalue weighted by molar-refractivity contribution is -0.142. The van der Waals surface area contributed by atoms with Crippen molar-refractivity contribution in [1.29, 1.82) is 0 Å². The van der Waals surface area contributed by atoms with Gasteiger partial charge in [-0.05, 0) is 43.4 Å². The minimum Gasteiger partial charge on any atom is -0.495 e. The van der Waals surface area contributed by atoms with Gasteiger partial charge in [0, 0.05) is 18.1 Å². The second kappa shape index (κ2) is 7.70. The maximum atomic E-state index is 11.5. The molecule has 1 heterocycles. The Morgan fingerprint density at radius 1 is 1.32 bits per heavy atom. The Morgan fingerprint density at radius 2 is 2.00 bits per heavy atom. The van der Waals surface area contributed by atoms with E-state index >= 15 is 0 Å². The largest absolute Gasteiger partial charge is 0.495 e. The number of hydrogen-bond acceptors (Lipinski definition) is 5. The average Bonchev–Trinajstić information content (AvgIpc) is 2.56. The molecule has 1 aliphatic rings. The number of rotatable bonds is 5. The number of anilines is 1. The lowest BCUT2D eigenvalue weighted by Gasteiger charge is -2.30. The van der Waals surface area contributed by atoms with Crippen LogP contribution < -0.4 is 15.4 Å².